The van der Waals surface area contributed by atoms with Gasteiger partial charge in [-0.05, 0) is 48.9 Å². The van der Waals surface area contributed by atoms with Crippen molar-refractivity contribution in [3.63, 3.8) is 0 Å². The van der Waals surface area contributed by atoms with Crippen molar-refractivity contribution in [1.82, 2.24) is 0 Å². The molecule has 0 bridgehead atoms. The summed E-state index contributed by atoms with van der Waals surface area (Å²) in [6, 6.07) is 13.9. The van der Waals surface area contributed by atoms with Gasteiger partial charge < -0.3 is 10.1 Å². The molecule has 2 rings (SSSR count). The van der Waals surface area contributed by atoms with E-state index in [0.29, 0.717) is 29.4 Å². The molecule has 0 amide bonds. The molecule has 0 aliphatic carbocycles. The van der Waals surface area contributed by atoms with Gasteiger partial charge in [0.2, 0.25) is 0 Å². The van der Waals surface area contributed by atoms with E-state index in [1.54, 1.807) is 42.5 Å². The number of benzene rings is 2. The molecule has 0 spiro atoms. The summed E-state index contributed by atoms with van der Waals surface area (Å²) in [6.45, 7) is 2.87. The van der Waals surface area contributed by atoms with Crippen LogP contribution in [0, 0.1) is 18.3 Å². The molecular weight excluding hydrogens is 312 g/mol. The number of sulfone groups is 1. The van der Waals surface area contributed by atoms with Crippen molar-refractivity contribution >= 4 is 15.5 Å². The van der Waals surface area contributed by atoms with Gasteiger partial charge in [-0.3, -0.25) is 0 Å². The van der Waals surface area contributed by atoms with Crippen LogP contribution < -0.4 is 10.1 Å². The number of nitrogens with one attached hydrogen (secondary N) is 1. The minimum atomic E-state index is -3.22. The van der Waals surface area contributed by atoms with Gasteiger partial charge in [-0.15, -0.1) is 0 Å². The van der Waals surface area contributed by atoms with Crippen molar-refractivity contribution in [1.29, 1.82) is 5.26 Å². The van der Waals surface area contributed by atoms with Crippen LogP contribution in [0.25, 0.3) is 0 Å². The Morgan fingerprint density at radius 3 is 2.48 bits per heavy atom. The molecule has 0 atom stereocenters. The standard InChI is InChI=1S/C17H18N2O3S/c1-13-3-8-16(23(2,20)21)11-17(13)19-9-10-22-15-6-4-14(12-18)5-7-15/h3-8,11,19H,9-10H2,1-2H3. The summed E-state index contributed by atoms with van der Waals surface area (Å²) in [4.78, 5) is 0.290. The van der Waals surface area contributed by atoms with Crippen LogP contribution in [0.15, 0.2) is 47.4 Å². The van der Waals surface area contributed by atoms with Crippen molar-refractivity contribution in [2.45, 2.75) is 11.8 Å². The lowest BCUT2D eigenvalue weighted by atomic mass is 10.2. The zero-order valence-electron chi connectivity index (χ0n) is 13.0. The van der Waals surface area contributed by atoms with Crippen molar-refractivity contribution in [2.24, 2.45) is 0 Å². The molecule has 2 aromatic carbocycles. The molecule has 23 heavy (non-hydrogen) atoms. The third kappa shape index (κ3) is 4.73. The Kier molecular flexibility index (Phi) is 5.24. The lowest BCUT2D eigenvalue weighted by molar-refractivity contribution is 0.333. The van der Waals surface area contributed by atoms with Crippen LogP contribution in [-0.2, 0) is 9.84 Å². The molecule has 0 radical (unpaired) electrons. The van der Waals surface area contributed by atoms with E-state index in [1.165, 1.54) is 6.26 Å². The van der Waals surface area contributed by atoms with Gasteiger partial charge in [-0.2, -0.15) is 5.26 Å². The average molecular weight is 330 g/mol. The van der Waals surface area contributed by atoms with Crippen LogP contribution in [0.2, 0.25) is 0 Å². The van der Waals surface area contributed by atoms with E-state index in [9.17, 15) is 8.42 Å². The summed E-state index contributed by atoms with van der Waals surface area (Å²) in [7, 11) is -3.22. The van der Waals surface area contributed by atoms with E-state index in [4.69, 9.17) is 10.00 Å². The maximum atomic E-state index is 11.6. The van der Waals surface area contributed by atoms with Gasteiger partial charge in [-0.1, -0.05) is 6.07 Å². The highest BCUT2D eigenvalue weighted by molar-refractivity contribution is 7.90. The molecule has 6 heteroatoms. The summed E-state index contributed by atoms with van der Waals surface area (Å²) in [5.74, 6) is 0.687. The van der Waals surface area contributed by atoms with Crippen molar-refractivity contribution in [3.8, 4) is 11.8 Å². The second kappa shape index (κ2) is 7.16. The second-order valence-corrected chi connectivity index (χ2v) is 7.18. The second-order valence-electron chi connectivity index (χ2n) is 5.16. The van der Waals surface area contributed by atoms with Crippen LogP contribution in [0.1, 0.15) is 11.1 Å². The fourth-order valence-corrected chi connectivity index (χ4v) is 2.65. The number of hydrogen-bond acceptors (Lipinski definition) is 5. The first-order valence-corrected chi connectivity index (χ1v) is 8.97. The Bertz CT molecular complexity index is 822. The molecule has 5 nitrogen and oxygen atoms in total. The third-order valence-electron chi connectivity index (χ3n) is 3.31. The summed E-state index contributed by atoms with van der Waals surface area (Å²) in [6.07, 6.45) is 1.19. The number of nitriles is 1. The first-order valence-electron chi connectivity index (χ1n) is 7.08. The maximum absolute atomic E-state index is 11.6. The minimum Gasteiger partial charge on any atom is -0.492 e. The fourth-order valence-electron chi connectivity index (χ4n) is 2.00. The van der Waals surface area contributed by atoms with Crippen molar-refractivity contribution < 1.29 is 13.2 Å². The van der Waals surface area contributed by atoms with Gasteiger partial charge >= 0.3 is 0 Å². The quantitative estimate of drug-likeness (QED) is 0.824. The Morgan fingerprint density at radius 2 is 1.87 bits per heavy atom. The van der Waals surface area contributed by atoms with Gasteiger partial charge in [0.1, 0.15) is 12.4 Å². The SMILES string of the molecule is Cc1ccc(S(C)(=O)=O)cc1NCCOc1ccc(C#N)cc1. The van der Waals surface area contributed by atoms with Gasteiger partial charge in [0.25, 0.3) is 0 Å². The molecule has 0 unspecified atom stereocenters. The smallest absolute Gasteiger partial charge is 0.175 e. The molecule has 2 aromatic rings. The largest absolute Gasteiger partial charge is 0.492 e. The Hall–Kier alpha value is -2.52. The highest BCUT2D eigenvalue weighted by Gasteiger charge is 2.09. The summed E-state index contributed by atoms with van der Waals surface area (Å²) in [5.41, 5.74) is 2.33. The maximum Gasteiger partial charge on any atom is 0.175 e. The zero-order chi connectivity index (χ0) is 16.9. The summed E-state index contributed by atoms with van der Waals surface area (Å²) in [5, 5.41) is 11.9. The first kappa shape index (κ1) is 16.8. The predicted molar refractivity (Wildman–Crippen MR) is 89.4 cm³/mol. The summed E-state index contributed by atoms with van der Waals surface area (Å²) < 4.78 is 28.8. The molecule has 0 fully saturated rings. The van der Waals surface area contributed by atoms with E-state index in [0.717, 1.165) is 11.3 Å². The lowest BCUT2D eigenvalue weighted by Crippen LogP contribution is -2.12. The fraction of sp³-hybridized carbons (Fsp3) is 0.235. The van der Waals surface area contributed by atoms with Crippen LogP contribution in [-0.4, -0.2) is 27.8 Å². The van der Waals surface area contributed by atoms with Crippen LogP contribution in [0.4, 0.5) is 5.69 Å². The number of aryl methyl sites for hydroxylation is 1. The van der Waals surface area contributed by atoms with E-state index in [2.05, 4.69) is 5.32 Å². The van der Waals surface area contributed by atoms with Gasteiger partial charge in [0, 0.05) is 18.5 Å². The van der Waals surface area contributed by atoms with E-state index in [-0.39, 0.29) is 0 Å². The highest BCUT2D eigenvalue weighted by Crippen LogP contribution is 2.20. The van der Waals surface area contributed by atoms with E-state index in [1.807, 2.05) is 13.0 Å². The van der Waals surface area contributed by atoms with Crippen LogP contribution >= 0.6 is 0 Å². The monoisotopic (exact) mass is 330 g/mol. The Morgan fingerprint density at radius 1 is 1.17 bits per heavy atom. The Balaban J connectivity index is 1.92. The third-order valence-corrected chi connectivity index (χ3v) is 4.42. The van der Waals surface area contributed by atoms with Gasteiger partial charge in [0.15, 0.2) is 9.84 Å². The van der Waals surface area contributed by atoms with Gasteiger partial charge in [0.05, 0.1) is 16.5 Å². The molecule has 0 saturated carbocycles. The number of rotatable bonds is 6. The van der Waals surface area contributed by atoms with Gasteiger partial charge in [-0.25, -0.2) is 8.42 Å². The predicted octanol–water partition coefficient (Wildman–Crippen LogP) is 2.76. The molecule has 0 saturated heterocycles. The number of hydrogen-bond donors (Lipinski definition) is 1. The van der Waals surface area contributed by atoms with Crippen LogP contribution in [0.3, 0.4) is 0 Å². The zero-order valence-corrected chi connectivity index (χ0v) is 13.9. The molecule has 1 N–H and O–H groups in total. The molecule has 0 heterocycles. The molecule has 0 aliphatic rings. The van der Waals surface area contributed by atoms with Crippen molar-refractivity contribution in [2.75, 3.05) is 24.7 Å². The lowest BCUT2D eigenvalue weighted by Gasteiger charge is -2.12. The normalized spacial score (nSPS) is 10.8. The number of anilines is 1. The molecule has 0 aliphatic heterocycles. The van der Waals surface area contributed by atoms with E-state index < -0.39 is 9.84 Å². The highest BCUT2D eigenvalue weighted by atomic mass is 32.2. The Labute approximate surface area is 136 Å². The number of ether oxygens (including phenoxy) is 1. The molecule has 120 valence electrons. The minimum absolute atomic E-state index is 0.290. The van der Waals surface area contributed by atoms with Crippen molar-refractivity contribution in [3.05, 3.63) is 53.6 Å². The average Bonchev–Trinajstić information content (AvgIpc) is 2.52. The molecule has 0 aromatic heterocycles. The summed E-state index contributed by atoms with van der Waals surface area (Å²) >= 11 is 0. The topological polar surface area (TPSA) is 79.2 Å². The van der Waals surface area contributed by atoms with Crippen LogP contribution in [0.5, 0.6) is 5.75 Å². The molecular formula is C17H18N2O3S. The first-order chi connectivity index (χ1) is 10.9. The number of nitrogens with zero attached hydrogens (tertiary/aromatic N) is 1. The van der Waals surface area contributed by atoms with E-state index >= 15 is 0 Å².